The second-order valence-electron chi connectivity index (χ2n) is 8.26. The molecule has 3 heterocycles. The fourth-order valence-corrected chi connectivity index (χ4v) is 4.22. The summed E-state index contributed by atoms with van der Waals surface area (Å²) in [6, 6.07) is 7.41. The Morgan fingerprint density at radius 1 is 1.14 bits per heavy atom. The number of aryl methyl sites for hydroxylation is 1. The monoisotopic (exact) mass is 518 g/mol. The van der Waals surface area contributed by atoms with Crippen LogP contribution < -0.4 is 15.0 Å². The third-order valence-electron chi connectivity index (χ3n) is 5.81. The quantitative estimate of drug-likeness (QED) is 0.329. The fourth-order valence-electron chi connectivity index (χ4n) is 4.04. The Balaban J connectivity index is 1.42. The first-order valence-electron chi connectivity index (χ1n) is 10.8. The van der Waals surface area contributed by atoms with Gasteiger partial charge in [0.15, 0.2) is 11.6 Å². The molecule has 36 heavy (non-hydrogen) atoms. The van der Waals surface area contributed by atoms with E-state index >= 15 is 0 Å². The van der Waals surface area contributed by atoms with Crippen LogP contribution in [0.25, 0.3) is 5.69 Å². The van der Waals surface area contributed by atoms with Crippen molar-refractivity contribution in [2.75, 3.05) is 23.9 Å². The van der Waals surface area contributed by atoms with E-state index in [0.29, 0.717) is 17.1 Å². The summed E-state index contributed by atoms with van der Waals surface area (Å²) < 4.78 is 63.1. The standard InChI is InChI=1S/C24H19ClF4N6O/c1-13-10-35(12-31-13)19-6-4-15(8-18(19)26)32-23-30-9-21-22(33-23)34(2)20(11-36-21)16-5-3-14(25)7-17(16)24(27,28)29/h3-10,12,20H,11H2,1-2H3,(H,30,32,33). The Labute approximate surface area is 208 Å². The van der Waals surface area contributed by atoms with Crippen molar-refractivity contribution in [1.29, 1.82) is 0 Å². The van der Waals surface area contributed by atoms with Gasteiger partial charge in [0.1, 0.15) is 12.4 Å². The first kappa shape index (κ1) is 23.9. The number of likely N-dealkylation sites (N-methyl/N-ethyl adjacent to an activating group) is 1. The molecule has 5 rings (SSSR count). The largest absolute Gasteiger partial charge is 0.486 e. The summed E-state index contributed by atoms with van der Waals surface area (Å²) in [5.41, 5.74) is 0.646. The molecule has 0 aliphatic carbocycles. The Morgan fingerprint density at radius 2 is 1.94 bits per heavy atom. The molecule has 1 N–H and O–H groups in total. The normalized spacial score (nSPS) is 15.4. The molecule has 0 spiro atoms. The van der Waals surface area contributed by atoms with E-state index in [2.05, 4.69) is 20.3 Å². The second-order valence-corrected chi connectivity index (χ2v) is 8.70. The Morgan fingerprint density at radius 3 is 2.64 bits per heavy atom. The minimum absolute atomic E-state index is 0.0129. The summed E-state index contributed by atoms with van der Waals surface area (Å²) in [6.07, 6.45) is 0.0497. The van der Waals surface area contributed by atoms with Gasteiger partial charge >= 0.3 is 6.18 Å². The number of hydrogen-bond acceptors (Lipinski definition) is 6. The molecule has 0 radical (unpaired) electrons. The number of halogens is 5. The second kappa shape index (κ2) is 8.98. The first-order valence-corrected chi connectivity index (χ1v) is 11.1. The maximum atomic E-state index is 14.7. The maximum Gasteiger partial charge on any atom is 0.416 e. The van der Waals surface area contributed by atoms with Crippen LogP contribution in [0.3, 0.4) is 0 Å². The van der Waals surface area contributed by atoms with Gasteiger partial charge in [-0.2, -0.15) is 18.2 Å². The molecule has 0 fully saturated rings. The van der Waals surface area contributed by atoms with E-state index in [1.165, 1.54) is 30.7 Å². The summed E-state index contributed by atoms with van der Waals surface area (Å²) in [5.74, 6) is 0.248. The molecular weight excluding hydrogens is 500 g/mol. The van der Waals surface area contributed by atoms with Crippen molar-refractivity contribution in [1.82, 2.24) is 19.5 Å². The zero-order valence-corrected chi connectivity index (χ0v) is 19.8. The number of aromatic nitrogens is 4. The van der Waals surface area contributed by atoms with E-state index in [4.69, 9.17) is 16.3 Å². The lowest BCUT2D eigenvalue weighted by atomic mass is 9.98. The number of hydrogen-bond donors (Lipinski definition) is 1. The lowest BCUT2D eigenvalue weighted by molar-refractivity contribution is -0.138. The predicted octanol–water partition coefficient (Wildman–Crippen LogP) is 6.10. The van der Waals surface area contributed by atoms with Crippen LogP contribution in [0.1, 0.15) is 22.9 Å². The van der Waals surface area contributed by atoms with Crippen LogP contribution in [-0.2, 0) is 6.18 Å². The van der Waals surface area contributed by atoms with Crippen LogP contribution in [0.5, 0.6) is 5.75 Å². The van der Waals surface area contributed by atoms with Gasteiger partial charge in [-0.1, -0.05) is 17.7 Å². The molecule has 12 heteroatoms. The number of ether oxygens (including phenoxy) is 1. The Hall–Kier alpha value is -3.86. The van der Waals surface area contributed by atoms with Crippen molar-refractivity contribution in [3.05, 3.63) is 82.8 Å². The summed E-state index contributed by atoms with van der Waals surface area (Å²) >= 11 is 5.83. The first-order chi connectivity index (χ1) is 17.1. The molecule has 4 aromatic rings. The SMILES string of the molecule is Cc1cn(-c2ccc(Nc3ncc4c(n3)N(C)C(c3ccc(Cl)cc3C(F)(F)F)CO4)cc2F)cn1. The van der Waals surface area contributed by atoms with Gasteiger partial charge < -0.3 is 19.5 Å². The molecule has 2 aromatic carbocycles. The molecule has 0 amide bonds. The third kappa shape index (κ3) is 4.53. The van der Waals surface area contributed by atoms with Crippen LogP contribution in [0.2, 0.25) is 5.02 Å². The average molecular weight is 519 g/mol. The van der Waals surface area contributed by atoms with Crippen LogP contribution in [0.4, 0.5) is 35.0 Å². The van der Waals surface area contributed by atoms with E-state index in [-0.39, 0.29) is 29.0 Å². The van der Waals surface area contributed by atoms with Crippen LogP contribution in [0, 0.1) is 12.7 Å². The van der Waals surface area contributed by atoms with Gasteiger partial charge in [0.2, 0.25) is 5.95 Å². The van der Waals surface area contributed by atoms with Crippen LogP contribution in [-0.4, -0.2) is 33.2 Å². The molecule has 1 unspecified atom stereocenters. The van der Waals surface area contributed by atoms with E-state index in [1.54, 1.807) is 41.8 Å². The molecule has 0 bridgehead atoms. The predicted molar refractivity (Wildman–Crippen MR) is 127 cm³/mol. The molecule has 7 nitrogen and oxygen atoms in total. The smallest absolute Gasteiger partial charge is 0.416 e. The third-order valence-corrected chi connectivity index (χ3v) is 6.04. The Kier molecular flexibility index (Phi) is 5.95. The molecule has 0 saturated heterocycles. The number of alkyl halides is 3. The lowest BCUT2D eigenvalue weighted by Crippen LogP contribution is -2.35. The minimum Gasteiger partial charge on any atom is -0.486 e. The highest BCUT2D eigenvalue weighted by atomic mass is 35.5. The summed E-state index contributed by atoms with van der Waals surface area (Å²) in [4.78, 5) is 14.3. The van der Waals surface area contributed by atoms with Gasteiger partial charge in [0.25, 0.3) is 0 Å². The van der Waals surface area contributed by atoms with Crippen molar-refractivity contribution in [2.45, 2.75) is 19.1 Å². The highest BCUT2D eigenvalue weighted by Gasteiger charge is 2.38. The van der Waals surface area contributed by atoms with Gasteiger partial charge in [-0.25, -0.2) is 14.4 Å². The zero-order valence-electron chi connectivity index (χ0n) is 19.0. The van der Waals surface area contributed by atoms with Crippen molar-refractivity contribution >= 4 is 29.1 Å². The molecule has 0 saturated carbocycles. The van der Waals surface area contributed by atoms with Crippen LogP contribution >= 0.6 is 11.6 Å². The number of anilines is 3. The highest BCUT2D eigenvalue weighted by Crippen LogP contribution is 2.42. The van der Waals surface area contributed by atoms with Gasteiger partial charge in [-0.05, 0) is 42.8 Å². The van der Waals surface area contributed by atoms with Crippen molar-refractivity contribution < 1.29 is 22.3 Å². The van der Waals surface area contributed by atoms with Gasteiger partial charge in [0.05, 0.1) is 35.5 Å². The van der Waals surface area contributed by atoms with Gasteiger partial charge in [-0.15, -0.1) is 0 Å². The molecule has 1 aliphatic heterocycles. The van der Waals surface area contributed by atoms with Crippen molar-refractivity contribution in [2.24, 2.45) is 0 Å². The molecule has 2 aromatic heterocycles. The van der Waals surface area contributed by atoms with E-state index in [1.807, 2.05) is 0 Å². The Bertz CT molecular complexity index is 1440. The molecule has 1 atom stereocenters. The van der Waals surface area contributed by atoms with Crippen molar-refractivity contribution in [3.63, 3.8) is 0 Å². The topological polar surface area (TPSA) is 68.1 Å². The van der Waals surface area contributed by atoms with E-state index < -0.39 is 23.6 Å². The van der Waals surface area contributed by atoms with Crippen molar-refractivity contribution in [3.8, 4) is 11.4 Å². The number of imidazole rings is 1. The highest BCUT2D eigenvalue weighted by molar-refractivity contribution is 6.30. The zero-order chi connectivity index (χ0) is 25.6. The molecule has 1 aliphatic rings. The van der Waals surface area contributed by atoms with E-state index in [9.17, 15) is 17.6 Å². The minimum atomic E-state index is -4.59. The number of rotatable bonds is 4. The van der Waals surface area contributed by atoms with Crippen LogP contribution in [0.15, 0.2) is 55.1 Å². The number of nitrogens with one attached hydrogen (secondary N) is 1. The molecular formula is C24H19ClF4N6O. The summed E-state index contributed by atoms with van der Waals surface area (Å²) in [7, 11) is 1.62. The summed E-state index contributed by atoms with van der Waals surface area (Å²) in [5, 5.41) is 2.92. The van der Waals surface area contributed by atoms with Gasteiger partial charge in [0, 0.05) is 24.0 Å². The number of nitrogens with zero attached hydrogens (tertiary/aromatic N) is 5. The number of benzene rings is 2. The van der Waals surface area contributed by atoms with Gasteiger partial charge in [-0.3, -0.25) is 0 Å². The maximum absolute atomic E-state index is 14.7. The van der Waals surface area contributed by atoms with E-state index in [0.717, 1.165) is 11.8 Å². The average Bonchev–Trinajstić information content (AvgIpc) is 3.25. The lowest BCUT2D eigenvalue weighted by Gasteiger charge is -2.36. The number of fused-ring (bicyclic) bond motifs is 1. The summed E-state index contributed by atoms with van der Waals surface area (Å²) in [6.45, 7) is 1.77. The molecule has 186 valence electrons. The fraction of sp³-hybridized carbons (Fsp3) is 0.208.